The molecule has 3 aliphatic rings. The number of benzene rings is 1. The highest BCUT2D eigenvalue weighted by atomic mass is 19.1. The summed E-state index contributed by atoms with van der Waals surface area (Å²) in [6.45, 7) is -0.973. The van der Waals surface area contributed by atoms with E-state index < -0.39 is 30.7 Å². The fourth-order valence-electron chi connectivity index (χ4n) is 4.67. The van der Waals surface area contributed by atoms with Gasteiger partial charge in [0.25, 0.3) is 0 Å². The maximum Gasteiger partial charge on any atom is 0.326 e. The molecule has 1 heterocycles. The zero-order valence-electron chi connectivity index (χ0n) is 14.0. The first-order chi connectivity index (χ1) is 12.5. The van der Waals surface area contributed by atoms with Crippen LogP contribution in [-0.2, 0) is 19.1 Å². The monoisotopic (exact) mass is 359 g/mol. The third kappa shape index (κ3) is 2.71. The number of Topliss-reactive ketones (excluding diaryl/α,β-unsaturated/α-hetero) is 1. The standard InChI is InChI=1S/C19H18FNO5/c20-13-5-3-10(4-6-13)14(22)9-26-15(23)8-21-18(24)16-11-1-2-12(7-11)17(16)19(21)25/h3-6,11-12,16-17H,1-2,7-9H2/t11-,12-,16-,17+/m1/s1. The van der Waals surface area contributed by atoms with Crippen molar-refractivity contribution in [3.8, 4) is 0 Å². The van der Waals surface area contributed by atoms with Crippen molar-refractivity contribution in [2.75, 3.05) is 13.2 Å². The minimum absolute atomic E-state index is 0.221. The maximum atomic E-state index is 12.9. The van der Waals surface area contributed by atoms with E-state index in [9.17, 15) is 23.6 Å². The Balaban J connectivity index is 1.34. The van der Waals surface area contributed by atoms with E-state index in [0.29, 0.717) is 0 Å². The molecule has 136 valence electrons. The molecular formula is C19H18FNO5. The zero-order chi connectivity index (χ0) is 18.4. The van der Waals surface area contributed by atoms with E-state index in [1.165, 1.54) is 12.1 Å². The van der Waals surface area contributed by atoms with E-state index in [1.807, 2.05) is 0 Å². The molecule has 1 aromatic rings. The Morgan fingerprint density at radius 1 is 1.04 bits per heavy atom. The van der Waals surface area contributed by atoms with Crippen molar-refractivity contribution >= 4 is 23.6 Å². The van der Waals surface area contributed by atoms with Crippen LogP contribution in [0.3, 0.4) is 0 Å². The van der Waals surface area contributed by atoms with Gasteiger partial charge in [-0.1, -0.05) is 0 Å². The van der Waals surface area contributed by atoms with Gasteiger partial charge in [-0.05, 0) is 55.4 Å². The van der Waals surface area contributed by atoms with Crippen LogP contribution in [0.5, 0.6) is 0 Å². The van der Waals surface area contributed by atoms with Gasteiger partial charge >= 0.3 is 5.97 Å². The molecule has 0 unspecified atom stereocenters. The van der Waals surface area contributed by atoms with Crippen molar-refractivity contribution in [2.24, 2.45) is 23.7 Å². The van der Waals surface area contributed by atoms with Crippen LogP contribution in [0, 0.1) is 29.5 Å². The van der Waals surface area contributed by atoms with E-state index in [-0.39, 0.29) is 41.0 Å². The van der Waals surface area contributed by atoms with Crippen LogP contribution in [0.2, 0.25) is 0 Å². The number of hydrogen-bond donors (Lipinski definition) is 0. The van der Waals surface area contributed by atoms with Gasteiger partial charge in [0.05, 0.1) is 11.8 Å². The molecule has 1 aromatic carbocycles. The molecule has 0 aromatic heterocycles. The number of fused-ring (bicyclic) bond motifs is 5. The van der Waals surface area contributed by atoms with E-state index in [4.69, 9.17) is 4.74 Å². The van der Waals surface area contributed by atoms with Gasteiger partial charge in [-0.25, -0.2) is 4.39 Å². The first kappa shape index (κ1) is 16.9. The summed E-state index contributed by atoms with van der Waals surface area (Å²) in [6.07, 6.45) is 2.86. The van der Waals surface area contributed by atoms with Crippen LogP contribution >= 0.6 is 0 Å². The van der Waals surface area contributed by atoms with Crippen LogP contribution < -0.4 is 0 Å². The molecule has 1 aliphatic heterocycles. The van der Waals surface area contributed by atoms with Crippen molar-refractivity contribution in [3.05, 3.63) is 35.6 Å². The average Bonchev–Trinajstić information content (AvgIpc) is 3.30. The fraction of sp³-hybridized carbons (Fsp3) is 0.474. The highest BCUT2D eigenvalue weighted by molar-refractivity contribution is 6.08. The highest BCUT2D eigenvalue weighted by Gasteiger charge is 2.61. The topological polar surface area (TPSA) is 80.8 Å². The van der Waals surface area contributed by atoms with Crippen molar-refractivity contribution < 1.29 is 28.3 Å². The number of halogens is 1. The summed E-state index contributed by atoms with van der Waals surface area (Å²) in [5, 5.41) is 0. The molecule has 4 atom stereocenters. The van der Waals surface area contributed by atoms with Crippen LogP contribution in [0.1, 0.15) is 29.6 Å². The number of carbonyl (C=O) groups excluding carboxylic acids is 4. The molecule has 2 bridgehead atoms. The lowest BCUT2D eigenvalue weighted by Crippen LogP contribution is -2.38. The van der Waals surface area contributed by atoms with Gasteiger partial charge in [0.15, 0.2) is 12.4 Å². The Hall–Kier alpha value is -2.57. The number of ketones is 1. The number of likely N-dealkylation sites (tertiary alicyclic amines) is 1. The largest absolute Gasteiger partial charge is 0.456 e. The SMILES string of the molecule is O=C(CN1C(=O)[C@@H]2[C@@H]3CC[C@H](C3)[C@@H]2C1=O)OCC(=O)c1ccc(F)cc1. The van der Waals surface area contributed by atoms with Gasteiger partial charge in [-0.3, -0.25) is 24.1 Å². The molecule has 2 amide bonds. The number of hydrogen-bond acceptors (Lipinski definition) is 5. The molecule has 26 heavy (non-hydrogen) atoms. The molecule has 6 nitrogen and oxygen atoms in total. The van der Waals surface area contributed by atoms with Crippen LogP contribution in [0.15, 0.2) is 24.3 Å². The minimum atomic E-state index is -0.797. The number of imide groups is 1. The molecule has 4 rings (SSSR count). The number of carbonyl (C=O) groups is 4. The van der Waals surface area contributed by atoms with Crippen molar-refractivity contribution in [3.63, 3.8) is 0 Å². The van der Waals surface area contributed by atoms with Gasteiger partial charge in [0, 0.05) is 5.56 Å². The average molecular weight is 359 g/mol. The molecule has 2 saturated carbocycles. The molecule has 2 aliphatic carbocycles. The summed E-state index contributed by atoms with van der Waals surface area (Å²) in [7, 11) is 0. The number of ether oxygens (including phenoxy) is 1. The number of esters is 1. The quantitative estimate of drug-likeness (QED) is 0.453. The maximum absolute atomic E-state index is 12.9. The van der Waals surface area contributed by atoms with Crippen LogP contribution in [0.4, 0.5) is 4.39 Å². The van der Waals surface area contributed by atoms with Gasteiger partial charge in [-0.15, -0.1) is 0 Å². The lowest BCUT2D eigenvalue weighted by molar-refractivity contribution is -0.152. The van der Waals surface area contributed by atoms with Crippen molar-refractivity contribution in [1.82, 2.24) is 4.90 Å². The smallest absolute Gasteiger partial charge is 0.326 e. The van der Waals surface area contributed by atoms with E-state index in [0.717, 1.165) is 36.3 Å². The Labute approximate surface area is 149 Å². The molecule has 1 saturated heterocycles. The normalized spacial score (nSPS) is 29.2. The summed E-state index contributed by atoms with van der Waals surface area (Å²) in [4.78, 5) is 49.9. The third-order valence-electron chi connectivity index (χ3n) is 5.84. The Kier molecular flexibility index (Phi) is 4.09. The second-order valence-corrected chi connectivity index (χ2v) is 7.24. The lowest BCUT2D eigenvalue weighted by atomic mass is 9.81. The third-order valence-corrected chi connectivity index (χ3v) is 5.84. The molecule has 3 fully saturated rings. The second kappa shape index (κ2) is 6.30. The van der Waals surface area contributed by atoms with E-state index >= 15 is 0 Å². The predicted octanol–water partition coefficient (Wildman–Crippen LogP) is 1.58. The number of rotatable bonds is 5. The highest BCUT2D eigenvalue weighted by Crippen LogP contribution is 2.56. The fourth-order valence-corrected chi connectivity index (χ4v) is 4.67. The first-order valence-corrected chi connectivity index (χ1v) is 8.75. The zero-order valence-corrected chi connectivity index (χ0v) is 14.0. The number of nitrogens with zero attached hydrogens (tertiary/aromatic N) is 1. The summed E-state index contributed by atoms with van der Waals surface area (Å²) in [6, 6.07) is 4.89. The lowest BCUT2D eigenvalue weighted by Gasteiger charge is -2.19. The van der Waals surface area contributed by atoms with Gasteiger partial charge in [0.1, 0.15) is 12.4 Å². The molecule has 0 spiro atoms. The minimum Gasteiger partial charge on any atom is -0.456 e. The summed E-state index contributed by atoms with van der Waals surface area (Å²) in [5.41, 5.74) is 0.221. The van der Waals surface area contributed by atoms with E-state index in [2.05, 4.69) is 0 Å². The molecular weight excluding hydrogens is 341 g/mol. The molecule has 0 N–H and O–H groups in total. The summed E-state index contributed by atoms with van der Waals surface area (Å²) >= 11 is 0. The Bertz CT molecular complexity index is 762. The van der Waals surface area contributed by atoms with Crippen LogP contribution in [-0.4, -0.2) is 41.6 Å². The number of amides is 2. The van der Waals surface area contributed by atoms with E-state index in [1.54, 1.807) is 0 Å². The Morgan fingerprint density at radius 2 is 1.62 bits per heavy atom. The van der Waals surface area contributed by atoms with Crippen molar-refractivity contribution in [2.45, 2.75) is 19.3 Å². The summed E-state index contributed by atoms with van der Waals surface area (Å²) in [5.74, 6) is -2.37. The van der Waals surface area contributed by atoms with Gasteiger partial charge < -0.3 is 4.74 Å². The summed E-state index contributed by atoms with van der Waals surface area (Å²) < 4.78 is 17.8. The van der Waals surface area contributed by atoms with Gasteiger partial charge in [0.2, 0.25) is 11.8 Å². The second-order valence-electron chi connectivity index (χ2n) is 7.24. The Morgan fingerprint density at radius 3 is 2.19 bits per heavy atom. The molecule has 0 radical (unpaired) electrons. The van der Waals surface area contributed by atoms with Gasteiger partial charge in [-0.2, -0.15) is 0 Å². The van der Waals surface area contributed by atoms with Crippen LogP contribution in [0.25, 0.3) is 0 Å². The van der Waals surface area contributed by atoms with Crippen molar-refractivity contribution in [1.29, 1.82) is 0 Å². The molecule has 7 heteroatoms. The first-order valence-electron chi connectivity index (χ1n) is 8.75. The predicted molar refractivity (Wildman–Crippen MR) is 86.2 cm³/mol.